The Hall–Kier alpha value is -3.04. The van der Waals surface area contributed by atoms with E-state index >= 15 is 0 Å². The average Bonchev–Trinajstić information content (AvgIpc) is 3.08. The van der Waals surface area contributed by atoms with Gasteiger partial charge in [-0.1, -0.05) is 30.3 Å². The predicted octanol–water partition coefficient (Wildman–Crippen LogP) is 0.926. The van der Waals surface area contributed by atoms with Gasteiger partial charge in [-0.3, -0.25) is 23.6 Å². The van der Waals surface area contributed by atoms with Crippen LogP contribution in [0.25, 0.3) is 11.2 Å². The highest BCUT2D eigenvalue weighted by molar-refractivity contribution is 5.96. The number of imidazole rings is 1. The van der Waals surface area contributed by atoms with Crippen molar-refractivity contribution in [2.24, 2.45) is 14.1 Å². The van der Waals surface area contributed by atoms with Crippen LogP contribution in [0.3, 0.4) is 0 Å². The van der Waals surface area contributed by atoms with Crippen LogP contribution in [0.5, 0.6) is 0 Å². The van der Waals surface area contributed by atoms with E-state index < -0.39 is 11.2 Å². The Labute approximate surface area is 179 Å². The molecule has 1 saturated heterocycles. The van der Waals surface area contributed by atoms with Crippen LogP contribution in [-0.2, 0) is 31.9 Å². The summed E-state index contributed by atoms with van der Waals surface area (Å²) in [5.41, 5.74) is 0.209. The number of carbonyl (C=O) groups is 1. The highest BCUT2D eigenvalue weighted by Gasteiger charge is 2.26. The number of benzene rings is 1. The van der Waals surface area contributed by atoms with Crippen molar-refractivity contribution >= 4 is 16.9 Å². The molecule has 1 fully saturated rings. The Morgan fingerprint density at radius 3 is 2.35 bits per heavy atom. The molecule has 1 aromatic carbocycles. The predicted molar refractivity (Wildman–Crippen MR) is 116 cm³/mol. The second-order valence-corrected chi connectivity index (χ2v) is 8.23. The van der Waals surface area contributed by atoms with Gasteiger partial charge in [-0.25, -0.2) is 9.78 Å². The summed E-state index contributed by atoms with van der Waals surface area (Å²) in [6, 6.07) is 8.96. The fraction of sp³-hybridized carbons (Fsp3) is 0.455. The second-order valence-electron chi connectivity index (χ2n) is 8.23. The number of morpholine rings is 1. The van der Waals surface area contributed by atoms with Crippen molar-refractivity contribution < 1.29 is 9.53 Å². The van der Waals surface area contributed by atoms with E-state index in [1.807, 2.05) is 19.9 Å². The molecule has 0 radical (unpaired) electrons. The minimum absolute atomic E-state index is 0.0290. The van der Waals surface area contributed by atoms with Crippen molar-refractivity contribution in [3.63, 3.8) is 0 Å². The summed E-state index contributed by atoms with van der Waals surface area (Å²) in [7, 11) is 3.02. The van der Waals surface area contributed by atoms with Crippen molar-refractivity contribution in [3.05, 3.63) is 62.6 Å². The molecule has 0 amide bonds. The van der Waals surface area contributed by atoms with Crippen molar-refractivity contribution in [3.8, 4) is 0 Å². The molecular weight excluding hydrogens is 398 g/mol. The van der Waals surface area contributed by atoms with Gasteiger partial charge in [0.15, 0.2) is 16.9 Å². The third kappa shape index (κ3) is 3.98. The SMILES string of the molecule is C[C@@H]1CN(Cc2nc3c(c(=O)n(C)c(=O)n3C)n2CC(=O)c2ccccc2)C[C@H](C)O1. The van der Waals surface area contributed by atoms with Crippen molar-refractivity contribution in [1.82, 2.24) is 23.6 Å². The molecule has 1 aliphatic heterocycles. The molecule has 0 unspecified atom stereocenters. The molecule has 0 N–H and O–H groups in total. The number of carbonyl (C=O) groups excluding carboxylic acids is 1. The number of hydrogen-bond acceptors (Lipinski definition) is 6. The van der Waals surface area contributed by atoms with E-state index in [2.05, 4.69) is 9.88 Å². The van der Waals surface area contributed by atoms with Crippen molar-refractivity contribution in [2.45, 2.75) is 39.1 Å². The zero-order valence-electron chi connectivity index (χ0n) is 18.2. The topological polar surface area (TPSA) is 91.4 Å². The molecule has 9 heteroatoms. The Balaban J connectivity index is 1.82. The van der Waals surface area contributed by atoms with E-state index in [0.29, 0.717) is 23.6 Å². The lowest BCUT2D eigenvalue weighted by Gasteiger charge is -2.35. The minimum atomic E-state index is -0.457. The molecule has 9 nitrogen and oxygen atoms in total. The minimum Gasteiger partial charge on any atom is -0.373 e. The highest BCUT2D eigenvalue weighted by Crippen LogP contribution is 2.18. The number of aryl methyl sites for hydroxylation is 1. The van der Waals surface area contributed by atoms with E-state index in [1.54, 1.807) is 35.9 Å². The maximum absolute atomic E-state index is 13.0. The average molecular weight is 425 g/mol. The van der Waals surface area contributed by atoms with E-state index in [9.17, 15) is 14.4 Å². The quantitative estimate of drug-likeness (QED) is 0.565. The molecule has 0 aliphatic carbocycles. The van der Waals surface area contributed by atoms with Crippen LogP contribution in [0, 0.1) is 0 Å². The Bertz CT molecular complexity index is 1230. The van der Waals surface area contributed by atoms with Gasteiger partial charge in [0.2, 0.25) is 0 Å². The first-order valence-corrected chi connectivity index (χ1v) is 10.4. The van der Waals surface area contributed by atoms with Gasteiger partial charge in [-0.2, -0.15) is 0 Å². The van der Waals surface area contributed by atoms with Crippen molar-refractivity contribution in [1.29, 1.82) is 0 Å². The molecule has 2 aromatic heterocycles. The fourth-order valence-electron chi connectivity index (χ4n) is 4.26. The van der Waals surface area contributed by atoms with Crippen LogP contribution < -0.4 is 11.2 Å². The van der Waals surface area contributed by atoms with Gasteiger partial charge < -0.3 is 9.30 Å². The highest BCUT2D eigenvalue weighted by atomic mass is 16.5. The van der Waals surface area contributed by atoms with Crippen molar-refractivity contribution in [2.75, 3.05) is 13.1 Å². The molecule has 0 saturated carbocycles. The van der Waals surface area contributed by atoms with Crippen LogP contribution >= 0.6 is 0 Å². The number of ether oxygens (including phenoxy) is 1. The molecule has 3 heterocycles. The zero-order valence-corrected chi connectivity index (χ0v) is 18.2. The molecule has 31 heavy (non-hydrogen) atoms. The smallest absolute Gasteiger partial charge is 0.332 e. The maximum Gasteiger partial charge on any atom is 0.332 e. The summed E-state index contributed by atoms with van der Waals surface area (Å²) in [5, 5.41) is 0. The van der Waals surface area contributed by atoms with Gasteiger partial charge in [0.05, 0.1) is 25.3 Å². The molecule has 164 valence electrons. The van der Waals surface area contributed by atoms with Crippen LogP contribution in [0.2, 0.25) is 0 Å². The molecule has 2 atom stereocenters. The van der Waals surface area contributed by atoms with Gasteiger partial charge in [-0.15, -0.1) is 0 Å². The van der Waals surface area contributed by atoms with Gasteiger partial charge in [0.1, 0.15) is 5.82 Å². The second kappa shape index (κ2) is 8.24. The molecule has 0 bridgehead atoms. The zero-order chi connectivity index (χ0) is 22.3. The molecule has 1 aliphatic rings. The lowest BCUT2D eigenvalue weighted by molar-refractivity contribution is -0.0712. The van der Waals surface area contributed by atoms with Crippen LogP contribution in [0.4, 0.5) is 0 Å². The largest absolute Gasteiger partial charge is 0.373 e. The summed E-state index contributed by atoms with van der Waals surface area (Å²) in [6.07, 6.45) is 0.148. The number of aromatic nitrogens is 4. The molecule has 0 spiro atoms. The monoisotopic (exact) mass is 425 g/mol. The number of fused-ring (bicyclic) bond motifs is 1. The first kappa shape index (κ1) is 21.2. The summed E-state index contributed by atoms with van der Waals surface area (Å²) < 4.78 is 9.88. The van der Waals surface area contributed by atoms with E-state index in [-0.39, 0.29) is 30.1 Å². The Kier molecular flexibility index (Phi) is 5.63. The lowest BCUT2D eigenvalue weighted by atomic mass is 10.1. The third-order valence-corrected chi connectivity index (χ3v) is 5.68. The van der Waals surface area contributed by atoms with Gasteiger partial charge in [-0.05, 0) is 13.8 Å². The number of ketones is 1. The summed E-state index contributed by atoms with van der Waals surface area (Å²) in [4.78, 5) is 45.3. The lowest BCUT2D eigenvalue weighted by Crippen LogP contribution is -2.45. The molecular formula is C22H27N5O4. The van der Waals surface area contributed by atoms with E-state index in [1.165, 1.54) is 11.6 Å². The number of nitrogens with zero attached hydrogens (tertiary/aromatic N) is 5. The fourth-order valence-corrected chi connectivity index (χ4v) is 4.26. The van der Waals surface area contributed by atoms with Crippen LogP contribution in [-0.4, -0.2) is 54.7 Å². The van der Waals surface area contributed by atoms with E-state index in [4.69, 9.17) is 4.74 Å². The van der Waals surface area contributed by atoms with Crippen LogP contribution in [0.1, 0.15) is 30.0 Å². The third-order valence-electron chi connectivity index (χ3n) is 5.68. The van der Waals surface area contributed by atoms with Gasteiger partial charge in [0.25, 0.3) is 5.56 Å². The first-order chi connectivity index (χ1) is 14.8. The maximum atomic E-state index is 13.0. The normalized spacial score (nSPS) is 19.7. The van der Waals surface area contributed by atoms with Gasteiger partial charge >= 0.3 is 5.69 Å². The first-order valence-electron chi connectivity index (χ1n) is 10.4. The summed E-state index contributed by atoms with van der Waals surface area (Å²) in [6.45, 7) is 5.90. The Morgan fingerprint density at radius 1 is 1.06 bits per heavy atom. The summed E-state index contributed by atoms with van der Waals surface area (Å²) >= 11 is 0. The van der Waals surface area contributed by atoms with Crippen LogP contribution in [0.15, 0.2) is 39.9 Å². The van der Waals surface area contributed by atoms with E-state index in [0.717, 1.165) is 17.7 Å². The standard InChI is InChI=1S/C22H27N5O4/c1-14-10-26(11-15(2)31-14)13-18-23-20-19(21(29)25(4)22(30)24(20)3)27(18)12-17(28)16-8-6-5-7-9-16/h5-9,14-15H,10-13H2,1-4H3/t14-,15+. The molecule has 3 aromatic rings. The Morgan fingerprint density at radius 2 is 1.71 bits per heavy atom. The number of Topliss-reactive ketones (excluding diaryl/α,β-unsaturated/α-hetero) is 1. The van der Waals surface area contributed by atoms with Gasteiger partial charge in [0, 0.05) is 32.7 Å². The number of rotatable bonds is 5. The summed E-state index contributed by atoms with van der Waals surface area (Å²) in [5.74, 6) is 0.458. The molecule has 4 rings (SSSR count). The number of hydrogen-bond donors (Lipinski definition) is 0.